The van der Waals surface area contributed by atoms with Crippen LogP contribution in [0.5, 0.6) is 0 Å². The lowest BCUT2D eigenvalue weighted by Gasteiger charge is -2.27. The summed E-state index contributed by atoms with van der Waals surface area (Å²) >= 11 is 0. The molecule has 1 N–H and O–H groups in total. The number of hydrogen-bond donors (Lipinski definition) is 1. The Kier molecular flexibility index (Phi) is 9.04. The zero-order valence-electron chi connectivity index (χ0n) is 14.8. The number of rotatable bonds is 10. The molecule has 0 aliphatic heterocycles. The zero-order valence-corrected chi connectivity index (χ0v) is 14.8. The molecule has 0 heterocycles. The number of hydrogen-bond acceptors (Lipinski definition) is 6. The van der Waals surface area contributed by atoms with E-state index < -0.39 is 23.9 Å². The van der Waals surface area contributed by atoms with Crippen LogP contribution >= 0.6 is 0 Å². The summed E-state index contributed by atoms with van der Waals surface area (Å²) in [5.74, 6) is -2.32. The molecular weight excluding hydrogens is 310 g/mol. The van der Waals surface area contributed by atoms with Crippen LogP contribution in [-0.4, -0.2) is 31.2 Å². The van der Waals surface area contributed by atoms with Gasteiger partial charge in [-0.05, 0) is 25.3 Å². The number of carbonyl (C=O) groups excluding carboxylic acids is 2. The van der Waals surface area contributed by atoms with E-state index in [2.05, 4.69) is 5.48 Å². The quantitative estimate of drug-likeness (QED) is 0.402. The Bertz CT molecular complexity index is 485. The third-order valence-electron chi connectivity index (χ3n) is 3.46. The monoisotopic (exact) mass is 337 g/mol. The maximum atomic E-state index is 12.2. The Balaban J connectivity index is 2.78. The molecule has 1 atom stereocenters. The average Bonchev–Trinajstić information content (AvgIpc) is 2.55. The van der Waals surface area contributed by atoms with Crippen molar-refractivity contribution in [2.75, 3.05) is 13.2 Å². The lowest BCUT2D eigenvalue weighted by Crippen LogP contribution is -2.48. The van der Waals surface area contributed by atoms with Gasteiger partial charge in [0.15, 0.2) is 5.92 Å². The van der Waals surface area contributed by atoms with E-state index in [0.29, 0.717) is 6.61 Å². The minimum Gasteiger partial charge on any atom is -0.465 e. The van der Waals surface area contributed by atoms with E-state index in [-0.39, 0.29) is 19.1 Å². The fourth-order valence-electron chi connectivity index (χ4n) is 2.24. The van der Waals surface area contributed by atoms with Gasteiger partial charge in [0.05, 0.1) is 25.9 Å². The van der Waals surface area contributed by atoms with Gasteiger partial charge >= 0.3 is 11.9 Å². The smallest absolute Gasteiger partial charge is 0.322 e. The molecule has 0 fully saturated rings. The fourth-order valence-corrected chi connectivity index (χ4v) is 2.24. The molecule has 1 aromatic rings. The number of ether oxygens (including phenoxy) is 2. The Labute approximate surface area is 143 Å². The SMILES string of the molecule is CCOC(=O)C(C(=O)OCC)[C@H](NOCc1ccccc1)C(C)C. The molecule has 0 spiro atoms. The summed E-state index contributed by atoms with van der Waals surface area (Å²) in [5.41, 5.74) is 3.83. The van der Waals surface area contributed by atoms with Gasteiger partial charge in [-0.2, -0.15) is 5.48 Å². The van der Waals surface area contributed by atoms with E-state index >= 15 is 0 Å². The van der Waals surface area contributed by atoms with Crippen LogP contribution in [0.4, 0.5) is 0 Å². The summed E-state index contributed by atoms with van der Waals surface area (Å²) in [6.45, 7) is 7.91. The van der Waals surface area contributed by atoms with Gasteiger partial charge in [-0.3, -0.25) is 14.4 Å². The Morgan fingerprint density at radius 1 is 1.00 bits per heavy atom. The van der Waals surface area contributed by atoms with Gasteiger partial charge in [-0.25, -0.2) is 0 Å². The van der Waals surface area contributed by atoms with Crippen LogP contribution in [0.15, 0.2) is 30.3 Å². The van der Waals surface area contributed by atoms with Crippen LogP contribution in [0.25, 0.3) is 0 Å². The number of carbonyl (C=O) groups is 2. The van der Waals surface area contributed by atoms with Gasteiger partial charge in [0.2, 0.25) is 0 Å². The highest BCUT2D eigenvalue weighted by atomic mass is 16.6. The summed E-state index contributed by atoms with van der Waals surface area (Å²) in [4.78, 5) is 30.0. The molecule has 24 heavy (non-hydrogen) atoms. The van der Waals surface area contributed by atoms with Crippen LogP contribution in [0, 0.1) is 11.8 Å². The van der Waals surface area contributed by atoms with Crippen LogP contribution in [0.2, 0.25) is 0 Å². The van der Waals surface area contributed by atoms with Crippen LogP contribution < -0.4 is 5.48 Å². The lowest BCUT2D eigenvalue weighted by atomic mass is 9.91. The average molecular weight is 337 g/mol. The van der Waals surface area contributed by atoms with E-state index in [1.807, 2.05) is 44.2 Å². The van der Waals surface area contributed by atoms with Gasteiger partial charge in [0.1, 0.15) is 0 Å². The van der Waals surface area contributed by atoms with Gasteiger partial charge in [-0.15, -0.1) is 0 Å². The maximum Gasteiger partial charge on any atom is 0.322 e. The third kappa shape index (κ3) is 6.29. The molecule has 134 valence electrons. The summed E-state index contributed by atoms with van der Waals surface area (Å²) in [5, 5.41) is 0. The molecule has 0 amide bonds. The molecule has 0 saturated carbocycles. The third-order valence-corrected chi connectivity index (χ3v) is 3.46. The molecule has 1 aromatic carbocycles. The molecule has 0 bridgehead atoms. The molecule has 0 radical (unpaired) electrons. The Hall–Kier alpha value is -1.92. The summed E-state index contributed by atoms with van der Waals surface area (Å²) in [7, 11) is 0. The van der Waals surface area contributed by atoms with Gasteiger partial charge < -0.3 is 9.47 Å². The summed E-state index contributed by atoms with van der Waals surface area (Å²) < 4.78 is 10.1. The molecule has 6 heteroatoms. The normalized spacial score (nSPS) is 12.2. The molecule has 0 aliphatic rings. The predicted octanol–water partition coefficient (Wildman–Crippen LogP) is 2.47. The topological polar surface area (TPSA) is 73.9 Å². The highest BCUT2D eigenvalue weighted by Gasteiger charge is 2.39. The van der Waals surface area contributed by atoms with Crippen molar-refractivity contribution in [2.24, 2.45) is 11.8 Å². The van der Waals surface area contributed by atoms with Crippen molar-refractivity contribution < 1.29 is 23.9 Å². The van der Waals surface area contributed by atoms with E-state index in [1.54, 1.807) is 13.8 Å². The van der Waals surface area contributed by atoms with Crippen molar-refractivity contribution in [1.82, 2.24) is 5.48 Å². The van der Waals surface area contributed by atoms with Crippen molar-refractivity contribution >= 4 is 11.9 Å². The number of nitrogens with one attached hydrogen (secondary N) is 1. The predicted molar refractivity (Wildman–Crippen MR) is 89.7 cm³/mol. The first-order valence-electron chi connectivity index (χ1n) is 8.25. The van der Waals surface area contributed by atoms with Crippen molar-refractivity contribution in [1.29, 1.82) is 0 Å². The van der Waals surface area contributed by atoms with E-state index in [0.717, 1.165) is 5.56 Å². The Morgan fingerprint density at radius 2 is 1.54 bits per heavy atom. The van der Waals surface area contributed by atoms with E-state index in [1.165, 1.54) is 0 Å². The first kappa shape index (κ1) is 20.1. The van der Waals surface area contributed by atoms with Crippen LogP contribution in [-0.2, 0) is 30.5 Å². The first-order chi connectivity index (χ1) is 11.5. The summed E-state index contributed by atoms with van der Waals surface area (Å²) in [6, 6.07) is 9.07. The second-order valence-electron chi connectivity index (χ2n) is 5.64. The zero-order chi connectivity index (χ0) is 17.9. The van der Waals surface area contributed by atoms with E-state index in [9.17, 15) is 9.59 Å². The van der Waals surface area contributed by atoms with Crippen molar-refractivity contribution in [3.8, 4) is 0 Å². The molecule has 0 aliphatic carbocycles. The number of benzene rings is 1. The summed E-state index contributed by atoms with van der Waals surface area (Å²) in [6.07, 6.45) is 0. The first-order valence-corrected chi connectivity index (χ1v) is 8.25. The fraction of sp³-hybridized carbons (Fsp3) is 0.556. The lowest BCUT2D eigenvalue weighted by molar-refractivity contribution is -0.167. The number of hydroxylamine groups is 1. The van der Waals surface area contributed by atoms with Crippen molar-refractivity contribution in [3.05, 3.63) is 35.9 Å². The molecule has 0 aromatic heterocycles. The molecular formula is C18H27NO5. The molecule has 1 rings (SSSR count). The van der Waals surface area contributed by atoms with Gasteiger partial charge in [0, 0.05) is 0 Å². The second kappa shape index (κ2) is 10.8. The van der Waals surface area contributed by atoms with Crippen molar-refractivity contribution in [3.63, 3.8) is 0 Å². The minimum atomic E-state index is -1.07. The van der Waals surface area contributed by atoms with Gasteiger partial charge in [0.25, 0.3) is 0 Å². The van der Waals surface area contributed by atoms with E-state index in [4.69, 9.17) is 14.3 Å². The standard InChI is InChI=1S/C18H27NO5/c1-5-22-17(20)15(18(21)23-6-2)16(13(3)4)19-24-12-14-10-8-7-9-11-14/h7-11,13,15-16,19H,5-6,12H2,1-4H3/t16-/m1/s1. The molecule has 0 saturated heterocycles. The minimum absolute atomic E-state index is 0.0421. The van der Waals surface area contributed by atoms with Crippen LogP contribution in [0.1, 0.15) is 33.3 Å². The molecule has 6 nitrogen and oxygen atoms in total. The number of esters is 2. The van der Waals surface area contributed by atoms with Crippen LogP contribution in [0.3, 0.4) is 0 Å². The second-order valence-corrected chi connectivity index (χ2v) is 5.64. The van der Waals surface area contributed by atoms with Crippen molar-refractivity contribution in [2.45, 2.75) is 40.3 Å². The molecule has 0 unspecified atom stereocenters. The Morgan fingerprint density at radius 3 is 2.00 bits per heavy atom. The maximum absolute atomic E-state index is 12.2. The highest BCUT2D eigenvalue weighted by Crippen LogP contribution is 2.17. The largest absolute Gasteiger partial charge is 0.465 e. The van der Waals surface area contributed by atoms with Gasteiger partial charge in [-0.1, -0.05) is 44.2 Å². The highest BCUT2D eigenvalue weighted by molar-refractivity contribution is 5.95.